The van der Waals surface area contributed by atoms with Crippen molar-refractivity contribution in [1.29, 1.82) is 0 Å². The maximum Gasteiger partial charge on any atom is 0.262 e. The summed E-state index contributed by atoms with van der Waals surface area (Å²) >= 11 is 8.22. The molecule has 0 radical (unpaired) electrons. The standard InChI is InChI=1S/C11H15Br2NOS/c12-6-3-1-2-4-7-14-11(15)10-9(13)5-8-16-10/h5,8H,1-4,6-7H2,(H,14,15). The van der Waals surface area contributed by atoms with Gasteiger partial charge in [0, 0.05) is 16.3 Å². The highest BCUT2D eigenvalue weighted by atomic mass is 79.9. The number of thiophene rings is 1. The second-order valence-corrected chi connectivity index (χ2v) is 6.02. The van der Waals surface area contributed by atoms with Crippen LogP contribution in [0.5, 0.6) is 0 Å². The number of carbonyl (C=O) groups is 1. The van der Waals surface area contributed by atoms with Crippen LogP contribution >= 0.6 is 43.2 Å². The van der Waals surface area contributed by atoms with E-state index in [1.165, 1.54) is 30.6 Å². The van der Waals surface area contributed by atoms with Gasteiger partial charge in [-0.05, 0) is 40.2 Å². The molecule has 1 amide bonds. The van der Waals surface area contributed by atoms with Gasteiger partial charge in [-0.15, -0.1) is 11.3 Å². The Morgan fingerprint density at radius 2 is 2.06 bits per heavy atom. The zero-order valence-electron chi connectivity index (χ0n) is 8.97. The number of alkyl halides is 1. The Morgan fingerprint density at radius 1 is 1.31 bits per heavy atom. The first-order valence-electron chi connectivity index (χ1n) is 5.33. The van der Waals surface area contributed by atoms with E-state index in [0.717, 1.165) is 27.6 Å². The van der Waals surface area contributed by atoms with Crippen molar-refractivity contribution in [2.45, 2.75) is 25.7 Å². The van der Waals surface area contributed by atoms with Crippen LogP contribution < -0.4 is 5.32 Å². The smallest absolute Gasteiger partial charge is 0.262 e. The van der Waals surface area contributed by atoms with E-state index in [0.29, 0.717) is 0 Å². The minimum atomic E-state index is 0.0300. The lowest BCUT2D eigenvalue weighted by Crippen LogP contribution is -2.23. The van der Waals surface area contributed by atoms with Gasteiger partial charge >= 0.3 is 0 Å². The molecule has 5 heteroatoms. The van der Waals surface area contributed by atoms with E-state index in [-0.39, 0.29) is 5.91 Å². The zero-order chi connectivity index (χ0) is 11.8. The summed E-state index contributed by atoms with van der Waals surface area (Å²) in [6.07, 6.45) is 4.67. The van der Waals surface area contributed by atoms with Crippen LogP contribution in [0.2, 0.25) is 0 Å². The van der Waals surface area contributed by atoms with Crippen molar-refractivity contribution in [3.63, 3.8) is 0 Å². The van der Waals surface area contributed by atoms with Gasteiger partial charge in [0.15, 0.2) is 0 Å². The Labute approximate surface area is 117 Å². The van der Waals surface area contributed by atoms with Gasteiger partial charge in [-0.3, -0.25) is 4.79 Å². The van der Waals surface area contributed by atoms with Gasteiger partial charge in [0.1, 0.15) is 4.88 Å². The third kappa shape index (κ3) is 4.97. The van der Waals surface area contributed by atoms with Gasteiger partial charge in [0.25, 0.3) is 5.91 Å². The Hall–Kier alpha value is 0.130. The van der Waals surface area contributed by atoms with E-state index in [9.17, 15) is 4.79 Å². The summed E-state index contributed by atoms with van der Waals surface area (Å²) < 4.78 is 0.884. The van der Waals surface area contributed by atoms with E-state index in [1.807, 2.05) is 11.4 Å². The minimum absolute atomic E-state index is 0.0300. The van der Waals surface area contributed by atoms with Crippen molar-refractivity contribution in [3.05, 3.63) is 20.8 Å². The van der Waals surface area contributed by atoms with Crippen molar-refractivity contribution in [2.75, 3.05) is 11.9 Å². The normalized spacial score (nSPS) is 10.4. The predicted molar refractivity (Wildman–Crippen MR) is 76.6 cm³/mol. The molecular weight excluding hydrogens is 354 g/mol. The average Bonchev–Trinajstić information content (AvgIpc) is 2.69. The number of carbonyl (C=O) groups excluding carboxylic acids is 1. The van der Waals surface area contributed by atoms with Crippen LogP contribution in [0.4, 0.5) is 0 Å². The summed E-state index contributed by atoms with van der Waals surface area (Å²) in [6.45, 7) is 0.769. The molecule has 16 heavy (non-hydrogen) atoms. The molecule has 0 saturated carbocycles. The maximum absolute atomic E-state index is 11.7. The Kier molecular flexibility index (Phi) is 7.32. The quantitative estimate of drug-likeness (QED) is 0.567. The van der Waals surface area contributed by atoms with Crippen LogP contribution in [0.25, 0.3) is 0 Å². The molecular formula is C11H15Br2NOS. The number of amides is 1. The predicted octanol–water partition coefficient (Wildman–Crippen LogP) is 4.20. The van der Waals surface area contributed by atoms with Crippen LogP contribution in [0.15, 0.2) is 15.9 Å². The molecule has 0 aliphatic rings. The van der Waals surface area contributed by atoms with Crippen LogP contribution in [0, 0.1) is 0 Å². The minimum Gasteiger partial charge on any atom is -0.351 e. The monoisotopic (exact) mass is 367 g/mol. The molecule has 0 unspecified atom stereocenters. The number of halogens is 2. The summed E-state index contributed by atoms with van der Waals surface area (Å²) in [7, 11) is 0. The maximum atomic E-state index is 11.7. The van der Waals surface area contributed by atoms with E-state index >= 15 is 0 Å². The number of hydrogen-bond acceptors (Lipinski definition) is 2. The van der Waals surface area contributed by atoms with E-state index in [2.05, 4.69) is 37.2 Å². The second kappa shape index (κ2) is 8.25. The first kappa shape index (κ1) is 14.2. The Morgan fingerprint density at radius 3 is 2.69 bits per heavy atom. The highest BCUT2D eigenvalue weighted by Crippen LogP contribution is 2.22. The van der Waals surface area contributed by atoms with Gasteiger partial charge < -0.3 is 5.32 Å². The van der Waals surface area contributed by atoms with Crippen LogP contribution in [0.1, 0.15) is 35.4 Å². The summed E-state index contributed by atoms with van der Waals surface area (Å²) in [5, 5.41) is 5.92. The van der Waals surface area contributed by atoms with Gasteiger partial charge in [-0.1, -0.05) is 28.8 Å². The number of rotatable bonds is 7. The molecule has 90 valence electrons. The molecule has 2 nitrogen and oxygen atoms in total. The number of nitrogens with one attached hydrogen (secondary N) is 1. The Bertz CT molecular complexity index is 328. The molecule has 1 heterocycles. The molecule has 0 aliphatic carbocycles. The second-order valence-electron chi connectivity index (χ2n) is 3.46. The zero-order valence-corrected chi connectivity index (χ0v) is 13.0. The lowest BCUT2D eigenvalue weighted by molar-refractivity contribution is 0.0956. The Balaban J connectivity index is 2.14. The molecule has 1 aromatic heterocycles. The highest BCUT2D eigenvalue weighted by Gasteiger charge is 2.09. The molecule has 0 spiro atoms. The fraction of sp³-hybridized carbons (Fsp3) is 0.545. The van der Waals surface area contributed by atoms with Crippen molar-refractivity contribution in [3.8, 4) is 0 Å². The number of unbranched alkanes of at least 4 members (excludes halogenated alkanes) is 3. The molecule has 0 aromatic carbocycles. The molecule has 0 bridgehead atoms. The van der Waals surface area contributed by atoms with Crippen molar-refractivity contribution in [2.24, 2.45) is 0 Å². The fourth-order valence-electron chi connectivity index (χ4n) is 1.31. The molecule has 0 saturated heterocycles. The average molecular weight is 369 g/mol. The largest absolute Gasteiger partial charge is 0.351 e. The topological polar surface area (TPSA) is 29.1 Å². The summed E-state index contributed by atoms with van der Waals surface area (Å²) in [4.78, 5) is 12.4. The van der Waals surface area contributed by atoms with E-state index in [4.69, 9.17) is 0 Å². The molecule has 0 fully saturated rings. The summed E-state index contributed by atoms with van der Waals surface area (Å²) in [6, 6.07) is 1.90. The van der Waals surface area contributed by atoms with Crippen LogP contribution in [-0.2, 0) is 0 Å². The molecule has 1 aromatic rings. The summed E-state index contributed by atoms with van der Waals surface area (Å²) in [5.74, 6) is 0.0300. The summed E-state index contributed by atoms with van der Waals surface area (Å²) in [5.41, 5.74) is 0. The lowest BCUT2D eigenvalue weighted by Gasteiger charge is -2.03. The third-order valence-electron chi connectivity index (χ3n) is 2.17. The molecule has 1 rings (SSSR count). The third-order valence-corrected chi connectivity index (χ3v) is 4.57. The molecule has 0 atom stereocenters. The SMILES string of the molecule is O=C(NCCCCCCBr)c1sccc1Br. The van der Waals surface area contributed by atoms with Crippen molar-refractivity contribution < 1.29 is 4.79 Å². The van der Waals surface area contributed by atoms with Gasteiger partial charge in [-0.2, -0.15) is 0 Å². The van der Waals surface area contributed by atoms with Crippen molar-refractivity contribution in [1.82, 2.24) is 5.32 Å². The van der Waals surface area contributed by atoms with Gasteiger partial charge in [0.2, 0.25) is 0 Å². The van der Waals surface area contributed by atoms with Gasteiger partial charge in [-0.25, -0.2) is 0 Å². The fourth-order valence-corrected chi connectivity index (χ4v) is 3.18. The lowest BCUT2D eigenvalue weighted by atomic mass is 10.2. The van der Waals surface area contributed by atoms with Crippen LogP contribution in [0.3, 0.4) is 0 Å². The van der Waals surface area contributed by atoms with E-state index in [1.54, 1.807) is 0 Å². The first-order chi connectivity index (χ1) is 7.75. The first-order valence-corrected chi connectivity index (χ1v) is 8.12. The van der Waals surface area contributed by atoms with E-state index < -0.39 is 0 Å². The van der Waals surface area contributed by atoms with Crippen LogP contribution in [-0.4, -0.2) is 17.8 Å². The molecule has 1 N–H and O–H groups in total. The highest BCUT2D eigenvalue weighted by molar-refractivity contribution is 9.10. The van der Waals surface area contributed by atoms with Crippen molar-refractivity contribution >= 4 is 49.1 Å². The van der Waals surface area contributed by atoms with Gasteiger partial charge in [0.05, 0.1) is 0 Å². The molecule has 0 aliphatic heterocycles. The number of hydrogen-bond donors (Lipinski definition) is 1.